The number of ether oxygens (including phenoxy) is 3. The molecule has 15 heteroatoms. The minimum Gasteiger partial charge on any atom is -0.754 e. The van der Waals surface area contributed by atoms with Crippen LogP contribution in [-0.2, 0) is 44.1 Å². The molecule has 0 aromatic heterocycles. The number of aryl methyl sites for hydroxylation is 2. The summed E-state index contributed by atoms with van der Waals surface area (Å²) in [6.07, 6.45) is 11.3. The van der Waals surface area contributed by atoms with Gasteiger partial charge in [-0.3, -0.25) is 19.5 Å². The van der Waals surface area contributed by atoms with E-state index >= 15 is 0 Å². The number of rotatable bonds is 34. The van der Waals surface area contributed by atoms with E-state index in [4.69, 9.17) is 23.6 Å². The number of likely N-dealkylation sites (N-methyl/N-ethyl adjacent to an activating group) is 1. The second kappa shape index (κ2) is 26.9. The Bertz CT molecular complexity index is 2290. The molecule has 5 rings (SSSR count). The Labute approximate surface area is 390 Å². The van der Waals surface area contributed by atoms with Crippen LogP contribution in [0.2, 0.25) is 0 Å². The number of unbranched alkanes of at least 4 members (excludes halogenated alkanes) is 9. The molecule has 66 heavy (non-hydrogen) atoms. The van der Waals surface area contributed by atoms with E-state index in [1.807, 2.05) is 27.2 Å². The number of phosphoric ester groups is 1. The first kappa shape index (κ1) is 52.7. The number of esters is 1. The third kappa shape index (κ3) is 17.8. The third-order valence-electron chi connectivity index (χ3n) is 11.7. The normalized spacial score (nSPS) is 13.9. The smallest absolute Gasteiger partial charge is 0.306 e. The summed E-state index contributed by atoms with van der Waals surface area (Å²) in [7, 11) is 0.893. The molecular weight excluding hydrogens is 862 g/mol. The molecule has 14 nitrogen and oxygen atoms in total. The lowest BCUT2D eigenvalue weighted by Gasteiger charge is -2.27. The number of nitrogens with zero attached hydrogens (tertiary/aromatic N) is 2. The summed E-state index contributed by atoms with van der Waals surface area (Å²) < 4.78 is 41.4. The van der Waals surface area contributed by atoms with Crippen LogP contribution in [0.3, 0.4) is 0 Å². The maximum absolute atomic E-state index is 13.1. The highest BCUT2D eigenvalue weighted by atomic mass is 31.2. The van der Waals surface area contributed by atoms with Crippen molar-refractivity contribution in [2.45, 2.75) is 123 Å². The maximum Gasteiger partial charge on any atom is 0.306 e. The number of nitro groups is 1. The number of carbonyl (C=O) groups excluding carboxylic acids is 1. The third-order valence-corrected chi connectivity index (χ3v) is 12.5. The molecule has 3 unspecified atom stereocenters. The van der Waals surface area contributed by atoms with Gasteiger partial charge in [-0.05, 0) is 101 Å². The Balaban J connectivity index is 1.15. The van der Waals surface area contributed by atoms with Gasteiger partial charge in [-0.15, -0.1) is 0 Å². The van der Waals surface area contributed by atoms with E-state index in [-0.39, 0.29) is 25.3 Å². The minimum atomic E-state index is -4.92. The standard InChI is InChI=1S/C51H72N3O11P/c1-6-7-8-9-10-11-14-23-49(60-34-17-15-19-40-25-26-43-28-27-41-20-18-21-42-29-30-45(40)51(43)50(41)42)61-37-44(38-63-66(58,59)65-62-35-33-54(3,4)5)64-48(55)22-13-12-16-32-52-46-31-24-39(2)36-47(46)53(56)57/h18,20-21,24-31,36,44,49,52H,6-17,19,22-23,32-35,37-38H2,1-5H3. The number of anilines is 1. The van der Waals surface area contributed by atoms with Gasteiger partial charge in [0.2, 0.25) is 0 Å². The zero-order chi connectivity index (χ0) is 47.4. The lowest BCUT2D eigenvalue weighted by atomic mass is 9.91. The van der Waals surface area contributed by atoms with Crippen molar-refractivity contribution < 1.29 is 52.0 Å². The van der Waals surface area contributed by atoms with Gasteiger partial charge >= 0.3 is 5.97 Å². The SMILES string of the molecule is CCCCCCCCCC(OCCCCc1ccc2ccc3cccc4ccc1c2c34)OCC(COP(=O)([O-])OOCC[N+](C)(C)C)OC(=O)CCCCCNc1ccc(C)cc1[N+](=O)[O-]. The number of benzene rings is 5. The Morgan fingerprint density at radius 2 is 1.48 bits per heavy atom. The van der Waals surface area contributed by atoms with Crippen molar-refractivity contribution in [1.82, 2.24) is 0 Å². The highest BCUT2D eigenvalue weighted by Crippen LogP contribution is 2.39. The van der Waals surface area contributed by atoms with Gasteiger partial charge in [-0.2, -0.15) is 4.67 Å². The van der Waals surface area contributed by atoms with Crippen LogP contribution < -0.4 is 10.2 Å². The zero-order valence-corrected chi connectivity index (χ0v) is 40.7. The van der Waals surface area contributed by atoms with Crippen molar-refractivity contribution in [2.24, 2.45) is 0 Å². The lowest BCUT2D eigenvalue weighted by Crippen LogP contribution is -2.37. The van der Waals surface area contributed by atoms with Gasteiger partial charge in [-0.25, -0.2) is 4.89 Å². The summed E-state index contributed by atoms with van der Waals surface area (Å²) in [5, 5.41) is 22.3. The average molecular weight is 934 g/mol. The molecule has 0 fully saturated rings. The molecule has 5 aromatic carbocycles. The summed E-state index contributed by atoms with van der Waals surface area (Å²) in [6.45, 7) is 4.79. The Kier molecular flexibility index (Phi) is 21.5. The Hall–Kier alpha value is -4.24. The second-order valence-corrected chi connectivity index (χ2v) is 19.7. The number of quaternary nitrogens is 1. The number of carbonyl (C=O) groups is 1. The molecule has 0 spiro atoms. The highest BCUT2D eigenvalue weighted by Gasteiger charge is 2.23. The topological polar surface area (TPSA) is 168 Å². The van der Waals surface area contributed by atoms with Crippen LogP contribution in [-0.4, -0.2) is 88.4 Å². The predicted molar refractivity (Wildman–Crippen MR) is 260 cm³/mol. The molecule has 0 radical (unpaired) electrons. The van der Waals surface area contributed by atoms with E-state index in [1.54, 1.807) is 13.0 Å². The number of hydrogen-bond acceptors (Lipinski definition) is 12. The Morgan fingerprint density at radius 1 is 0.788 bits per heavy atom. The summed E-state index contributed by atoms with van der Waals surface area (Å²) in [5.74, 6) is -0.536. The fourth-order valence-electron chi connectivity index (χ4n) is 8.05. The summed E-state index contributed by atoms with van der Waals surface area (Å²) >= 11 is 0. The fraction of sp³-hybridized carbons (Fsp3) is 0.549. The lowest BCUT2D eigenvalue weighted by molar-refractivity contribution is -0.871. The number of hydrogen-bond donors (Lipinski definition) is 1. The van der Waals surface area contributed by atoms with Gasteiger partial charge < -0.3 is 33.4 Å². The molecule has 0 aliphatic carbocycles. The molecule has 362 valence electrons. The molecular formula is C51H72N3O11P. The molecule has 0 aliphatic heterocycles. The van der Waals surface area contributed by atoms with Crippen LogP contribution in [0.15, 0.2) is 72.8 Å². The second-order valence-electron chi connectivity index (χ2n) is 18.4. The van der Waals surface area contributed by atoms with Crippen molar-refractivity contribution in [3.05, 3.63) is 94.0 Å². The van der Waals surface area contributed by atoms with Gasteiger partial charge in [0.25, 0.3) is 13.5 Å². The first-order chi connectivity index (χ1) is 31.7. The number of phosphoric acid groups is 1. The predicted octanol–water partition coefficient (Wildman–Crippen LogP) is 11.3. The Morgan fingerprint density at radius 3 is 2.23 bits per heavy atom. The van der Waals surface area contributed by atoms with Crippen LogP contribution in [0.4, 0.5) is 11.4 Å². The van der Waals surface area contributed by atoms with E-state index in [9.17, 15) is 24.4 Å². The van der Waals surface area contributed by atoms with Gasteiger partial charge in [0.15, 0.2) is 6.29 Å². The van der Waals surface area contributed by atoms with Crippen molar-refractivity contribution >= 4 is 57.5 Å². The van der Waals surface area contributed by atoms with Crippen LogP contribution in [0.5, 0.6) is 0 Å². The van der Waals surface area contributed by atoms with Crippen molar-refractivity contribution in [1.29, 1.82) is 0 Å². The number of nitro benzene ring substituents is 1. The first-order valence-electron chi connectivity index (χ1n) is 23.9. The van der Waals surface area contributed by atoms with Crippen molar-refractivity contribution in [3.63, 3.8) is 0 Å². The monoisotopic (exact) mass is 933 g/mol. The zero-order valence-electron chi connectivity index (χ0n) is 39.8. The van der Waals surface area contributed by atoms with Crippen molar-refractivity contribution in [2.75, 3.05) is 66.0 Å². The van der Waals surface area contributed by atoms with E-state index in [2.05, 4.69) is 71.5 Å². The van der Waals surface area contributed by atoms with Crippen LogP contribution >= 0.6 is 7.82 Å². The largest absolute Gasteiger partial charge is 0.754 e. The van der Waals surface area contributed by atoms with Gasteiger partial charge in [0.1, 0.15) is 24.9 Å². The van der Waals surface area contributed by atoms with Crippen LogP contribution in [0, 0.1) is 17.0 Å². The quantitative estimate of drug-likeness (QED) is 0.00478. The van der Waals surface area contributed by atoms with E-state index in [1.165, 1.54) is 69.6 Å². The first-order valence-corrected chi connectivity index (χ1v) is 25.3. The van der Waals surface area contributed by atoms with E-state index < -0.39 is 37.7 Å². The fourth-order valence-corrected chi connectivity index (χ4v) is 8.65. The average Bonchev–Trinajstić information content (AvgIpc) is 3.28. The molecule has 5 aromatic rings. The maximum atomic E-state index is 13.1. The van der Waals surface area contributed by atoms with E-state index in [0.29, 0.717) is 55.6 Å². The molecule has 0 heterocycles. The summed E-state index contributed by atoms with van der Waals surface area (Å²) in [5.41, 5.74) is 2.57. The van der Waals surface area contributed by atoms with Crippen molar-refractivity contribution in [3.8, 4) is 0 Å². The van der Waals surface area contributed by atoms with Crippen LogP contribution in [0.1, 0.15) is 108 Å². The van der Waals surface area contributed by atoms with Gasteiger partial charge in [0, 0.05) is 25.6 Å². The van der Waals surface area contributed by atoms with Gasteiger partial charge in [-0.1, -0.05) is 113 Å². The molecule has 1 N–H and O–H groups in total. The van der Waals surface area contributed by atoms with E-state index in [0.717, 1.165) is 44.1 Å². The molecule has 0 saturated heterocycles. The highest BCUT2D eigenvalue weighted by molar-refractivity contribution is 7.45. The summed E-state index contributed by atoms with van der Waals surface area (Å²) in [6, 6.07) is 24.8. The molecule has 0 aliphatic rings. The summed E-state index contributed by atoms with van der Waals surface area (Å²) in [4.78, 5) is 41.8. The van der Waals surface area contributed by atoms with Gasteiger partial charge in [0.05, 0.1) is 39.3 Å². The molecule has 0 bridgehead atoms. The molecule has 0 amide bonds. The minimum absolute atomic E-state index is 0.0174. The molecule has 3 atom stereocenters. The molecule has 0 saturated carbocycles. The number of nitrogens with one attached hydrogen (secondary N) is 1. The van der Waals surface area contributed by atoms with Crippen LogP contribution in [0.25, 0.3) is 32.3 Å².